The molecule has 0 heterocycles. The van der Waals surface area contributed by atoms with Gasteiger partial charge in [-0.05, 0) is 41.0 Å². The Balaban J connectivity index is 1.62. The molecule has 3 rings (SSSR count). The van der Waals surface area contributed by atoms with Crippen LogP contribution in [0.5, 0.6) is 5.75 Å². The van der Waals surface area contributed by atoms with Crippen LogP contribution in [0.4, 0.5) is 10.5 Å². The van der Waals surface area contributed by atoms with E-state index in [4.69, 9.17) is 4.74 Å². The van der Waals surface area contributed by atoms with Crippen molar-refractivity contribution in [3.05, 3.63) is 95.6 Å². The quantitative estimate of drug-likeness (QED) is 0.634. The lowest BCUT2D eigenvalue weighted by atomic mass is 9.78. The molecule has 0 unspecified atom stereocenters. The topological polar surface area (TPSA) is 58.6 Å². The highest BCUT2D eigenvalue weighted by Gasteiger charge is 2.23. The zero-order valence-electron chi connectivity index (χ0n) is 15.5. The Kier molecular flexibility index (Phi) is 5.46. The molecule has 0 saturated carbocycles. The van der Waals surface area contributed by atoms with Gasteiger partial charge in [0, 0.05) is 11.1 Å². The molecule has 4 nitrogen and oxygen atoms in total. The van der Waals surface area contributed by atoms with E-state index in [1.807, 2.05) is 66.7 Å². The van der Waals surface area contributed by atoms with Crippen LogP contribution in [0.3, 0.4) is 0 Å². The van der Waals surface area contributed by atoms with E-state index >= 15 is 0 Å². The molecule has 0 aliphatic carbocycles. The highest BCUT2D eigenvalue weighted by Crippen LogP contribution is 2.32. The Morgan fingerprint density at radius 3 is 2.04 bits per heavy atom. The van der Waals surface area contributed by atoms with Crippen molar-refractivity contribution in [3.63, 3.8) is 0 Å². The van der Waals surface area contributed by atoms with Crippen LogP contribution in [0, 0.1) is 0 Å². The van der Waals surface area contributed by atoms with Crippen molar-refractivity contribution >= 4 is 11.8 Å². The van der Waals surface area contributed by atoms with E-state index in [0.29, 0.717) is 5.69 Å². The fourth-order valence-corrected chi connectivity index (χ4v) is 2.89. The molecular weight excluding hydrogens is 338 g/mol. The van der Waals surface area contributed by atoms with Crippen molar-refractivity contribution in [1.29, 1.82) is 0 Å². The predicted molar refractivity (Wildman–Crippen MR) is 107 cm³/mol. The van der Waals surface area contributed by atoms with Gasteiger partial charge in [0.25, 0.3) is 0 Å². The van der Waals surface area contributed by atoms with E-state index in [-0.39, 0.29) is 17.8 Å². The average Bonchev–Trinajstić information content (AvgIpc) is 2.68. The van der Waals surface area contributed by atoms with Crippen LogP contribution in [0.25, 0.3) is 0 Å². The van der Waals surface area contributed by atoms with Gasteiger partial charge in [-0.2, -0.15) is 0 Å². The number of anilines is 1. The molecule has 3 aromatic carbocycles. The summed E-state index contributed by atoms with van der Waals surface area (Å²) in [4.78, 5) is 12.0. The summed E-state index contributed by atoms with van der Waals surface area (Å²) >= 11 is 0. The van der Waals surface area contributed by atoms with Crippen molar-refractivity contribution < 1.29 is 14.6 Å². The smallest absolute Gasteiger partial charge is 0.411 e. The second-order valence-electron chi connectivity index (χ2n) is 6.94. The third kappa shape index (κ3) is 4.67. The summed E-state index contributed by atoms with van der Waals surface area (Å²) in [6.07, 6.45) is -0.482. The van der Waals surface area contributed by atoms with Gasteiger partial charge in [0.15, 0.2) is 0 Å². The lowest BCUT2D eigenvalue weighted by Gasteiger charge is -2.26. The molecule has 138 valence electrons. The molecule has 0 aliphatic heterocycles. The molecular formula is C23H23NO3. The van der Waals surface area contributed by atoms with Gasteiger partial charge in [-0.25, -0.2) is 4.79 Å². The summed E-state index contributed by atoms with van der Waals surface area (Å²) in [7, 11) is 0. The minimum Gasteiger partial charge on any atom is -0.508 e. The summed E-state index contributed by atoms with van der Waals surface area (Å²) in [5.41, 5.74) is 3.61. The first-order chi connectivity index (χ1) is 12.9. The number of hydrogen-bond acceptors (Lipinski definition) is 3. The number of nitrogens with one attached hydrogen (secondary N) is 1. The van der Waals surface area contributed by atoms with Crippen molar-refractivity contribution in [2.24, 2.45) is 0 Å². The van der Waals surface area contributed by atoms with Gasteiger partial charge in [0.05, 0.1) is 0 Å². The number of carbonyl (C=O) groups is 1. The predicted octanol–water partition coefficient (Wildman–Crippen LogP) is 5.47. The minimum atomic E-state index is -0.482. The molecule has 0 bridgehead atoms. The van der Waals surface area contributed by atoms with E-state index in [0.717, 1.165) is 16.7 Å². The summed E-state index contributed by atoms with van der Waals surface area (Å²) in [5.74, 6) is 0.253. The van der Waals surface area contributed by atoms with Crippen molar-refractivity contribution in [3.8, 4) is 5.75 Å². The van der Waals surface area contributed by atoms with Crippen molar-refractivity contribution in [2.75, 3.05) is 5.32 Å². The molecule has 0 saturated heterocycles. The Bertz CT molecular complexity index is 885. The number of hydrogen-bond donors (Lipinski definition) is 2. The first-order valence-electron chi connectivity index (χ1n) is 8.83. The summed E-state index contributed by atoms with van der Waals surface area (Å²) in [6.45, 7) is 4.48. The molecule has 3 aromatic rings. The van der Waals surface area contributed by atoms with Crippen molar-refractivity contribution in [1.82, 2.24) is 0 Å². The highest BCUT2D eigenvalue weighted by molar-refractivity contribution is 5.84. The van der Waals surface area contributed by atoms with Gasteiger partial charge >= 0.3 is 6.09 Å². The molecule has 0 aromatic heterocycles. The summed E-state index contributed by atoms with van der Waals surface area (Å²) in [5, 5.41) is 12.2. The molecule has 0 fully saturated rings. The maximum atomic E-state index is 12.0. The van der Waals surface area contributed by atoms with Crippen LogP contribution in [0.2, 0.25) is 0 Å². The van der Waals surface area contributed by atoms with E-state index in [2.05, 4.69) is 19.2 Å². The van der Waals surface area contributed by atoms with E-state index in [1.165, 1.54) is 0 Å². The molecule has 0 radical (unpaired) electrons. The largest absolute Gasteiger partial charge is 0.508 e. The van der Waals surface area contributed by atoms with Crippen LogP contribution >= 0.6 is 0 Å². The van der Waals surface area contributed by atoms with Crippen LogP contribution in [0.1, 0.15) is 30.5 Å². The maximum absolute atomic E-state index is 12.0. The van der Waals surface area contributed by atoms with E-state index < -0.39 is 6.09 Å². The molecule has 0 atom stereocenters. The van der Waals surface area contributed by atoms with Gasteiger partial charge in [-0.1, -0.05) is 68.4 Å². The fourth-order valence-electron chi connectivity index (χ4n) is 2.89. The number of phenolic OH excluding ortho intramolecular Hbond substituents is 1. The normalized spacial score (nSPS) is 11.0. The number of rotatable bonds is 5. The Labute approximate surface area is 159 Å². The molecule has 0 aliphatic rings. The summed E-state index contributed by atoms with van der Waals surface area (Å²) in [6, 6.07) is 24.5. The van der Waals surface area contributed by atoms with Crippen LogP contribution < -0.4 is 5.32 Å². The number of benzene rings is 3. The van der Waals surface area contributed by atoms with Gasteiger partial charge in [-0.15, -0.1) is 0 Å². The summed E-state index contributed by atoms with van der Waals surface area (Å²) < 4.78 is 5.24. The van der Waals surface area contributed by atoms with Gasteiger partial charge in [-0.3, -0.25) is 5.32 Å². The third-order valence-electron chi connectivity index (χ3n) is 4.65. The molecule has 2 N–H and O–H groups in total. The Morgan fingerprint density at radius 1 is 0.889 bits per heavy atom. The first kappa shape index (κ1) is 18.5. The van der Waals surface area contributed by atoms with Crippen LogP contribution in [-0.2, 0) is 16.8 Å². The van der Waals surface area contributed by atoms with Crippen LogP contribution in [0.15, 0.2) is 78.9 Å². The monoisotopic (exact) mass is 361 g/mol. The molecule has 27 heavy (non-hydrogen) atoms. The van der Waals surface area contributed by atoms with Crippen LogP contribution in [-0.4, -0.2) is 11.2 Å². The van der Waals surface area contributed by atoms with Gasteiger partial charge in [0.1, 0.15) is 12.4 Å². The maximum Gasteiger partial charge on any atom is 0.411 e. The number of aromatic hydroxyl groups is 1. The standard InChI is InChI=1S/C23H23NO3/c1-23(2,19-10-14-21(25)15-11-19)18-8-12-20(13-9-18)24-22(26)27-16-17-6-4-3-5-7-17/h3-15,25H,16H2,1-2H3,(H,24,26). The molecule has 1 amide bonds. The minimum absolute atomic E-state index is 0.222. The lowest BCUT2D eigenvalue weighted by molar-refractivity contribution is 0.155. The van der Waals surface area contributed by atoms with Crippen molar-refractivity contribution in [2.45, 2.75) is 25.9 Å². The van der Waals surface area contributed by atoms with E-state index in [1.54, 1.807) is 12.1 Å². The number of amides is 1. The van der Waals surface area contributed by atoms with E-state index in [9.17, 15) is 9.90 Å². The zero-order chi connectivity index (χ0) is 19.3. The molecule has 0 spiro atoms. The number of ether oxygens (including phenoxy) is 1. The fraction of sp³-hybridized carbons (Fsp3) is 0.174. The first-order valence-corrected chi connectivity index (χ1v) is 8.83. The Morgan fingerprint density at radius 2 is 1.44 bits per heavy atom. The zero-order valence-corrected chi connectivity index (χ0v) is 15.5. The SMILES string of the molecule is CC(C)(c1ccc(O)cc1)c1ccc(NC(=O)OCc2ccccc2)cc1. The van der Waals surface area contributed by atoms with Gasteiger partial charge < -0.3 is 9.84 Å². The van der Waals surface area contributed by atoms with Gasteiger partial charge in [0.2, 0.25) is 0 Å². The second kappa shape index (κ2) is 7.96. The second-order valence-corrected chi connectivity index (χ2v) is 6.94. The average molecular weight is 361 g/mol. The number of carbonyl (C=O) groups excluding carboxylic acids is 1. The lowest BCUT2D eigenvalue weighted by Crippen LogP contribution is -2.19. The highest BCUT2D eigenvalue weighted by atomic mass is 16.5. The third-order valence-corrected chi connectivity index (χ3v) is 4.65. The number of phenols is 1. The Hall–Kier alpha value is -3.27. The molecule has 4 heteroatoms.